The van der Waals surface area contributed by atoms with Crippen LogP contribution in [0.2, 0.25) is 0 Å². The molecule has 0 fully saturated rings. The van der Waals surface area contributed by atoms with Gasteiger partial charge in [0.15, 0.2) is 3.79 Å². The van der Waals surface area contributed by atoms with Crippen LogP contribution >= 0.6 is 34.8 Å². The molecule has 0 aliphatic rings. The van der Waals surface area contributed by atoms with E-state index in [9.17, 15) is 0 Å². The molecule has 5 heteroatoms. The SMILES string of the molecule is O.OCCCC(Cl)(Cl)Cl. The number of halogens is 3. The maximum Gasteiger partial charge on any atom is 0.190 e. The van der Waals surface area contributed by atoms with Crippen molar-refractivity contribution in [2.75, 3.05) is 6.61 Å². The standard InChI is InChI=1S/C4H7Cl3O.H2O/c5-4(6,7)2-1-3-8;/h8H,1-3H2;1H2. The highest BCUT2D eigenvalue weighted by molar-refractivity contribution is 6.67. The van der Waals surface area contributed by atoms with Gasteiger partial charge in [0, 0.05) is 6.61 Å². The molecule has 3 N–H and O–H groups in total. The normalized spacial score (nSPS) is 10.7. The van der Waals surface area contributed by atoms with E-state index >= 15 is 0 Å². The topological polar surface area (TPSA) is 51.7 Å². The Labute approximate surface area is 69.0 Å². The van der Waals surface area contributed by atoms with Crippen molar-refractivity contribution in [1.29, 1.82) is 0 Å². The molecule has 0 heterocycles. The van der Waals surface area contributed by atoms with Crippen LogP contribution in [0, 0.1) is 0 Å². The van der Waals surface area contributed by atoms with Gasteiger partial charge in [-0.1, -0.05) is 34.8 Å². The summed E-state index contributed by atoms with van der Waals surface area (Å²) in [6.45, 7) is 0.0773. The number of aliphatic hydroxyl groups excluding tert-OH is 1. The van der Waals surface area contributed by atoms with Crippen LogP contribution in [0.5, 0.6) is 0 Å². The van der Waals surface area contributed by atoms with E-state index in [0.717, 1.165) is 0 Å². The third-order valence-corrected chi connectivity index (χ3v) is 1.19. The van der Waals surface area contributed by atoms with Crippen LogP contribution in [0.25, 0.3) is 0 Å². The Morgan fingerprint density at radius 3 is 1.78 bits per heavy atom. The van der Waals surface area contributed by atoms with Gasteiger partial charge in [0.05, 0.1) is 0 Å². The van der Waals surface area contributed by atoms with E-state index in [-0.39, 0.29) is 12.1 Å². The van der Waals surface area contributed by atoms with Crippen LogP contribution in [0.1, 0.15) is 12.8 Å². The first-order valence-corrected chi connectivity index (χ1v) is 3.37. The fraction of sp³-hybridized carbons (Fsp3) is 1.00. The third kappa shape index (κ3) is 12.1. The molecular formula is C4H9Cl3O2. The Kier molecular flexibility index (Phi) is 7.71. The van der Waals surface area contributed by atoms with Crippen molar-refractivity contribution < 1.29 is 10.6 Å². The second-order valence-electron chi connectivity index (χ2n) is 1.44. The highest BCUT2D eigenvalue weighted by atomic mass is 35.6. The predicted octanol–water partition coefficient (Wildman–Crippen LogP) is 1.30. The second kappa shape index (κ2) is 5.57. The van der Waals surface area contributed by atoms with Crippen LogP contribution in [-0.2, 0) is 0 Å². The zero-order chi connectivity index (χ0) is 6.62. The highest BCUT2D eigenvalue weighted by Crippen LogP contribution is 2.30. The van der Waals surface area contributed by atoms with Gasteiger partial charge in [0.1, 0.15) is 0 Å². The Hall–Kier alpha value is 0.790. The molecule has 9 heavy (non-hydrogen) atoms. The molecule has 0 radical (unpaired) electrons. The summed E-state index contributed by atoms with van der Waals surface area (Å²) < 4.78 is -1.19. The van der Waals surface area contributed by atoms with Gasteiger partial charge in [0.25, 0.3) is 0 Å². The minimum atomic E-state index is -1.19. The van der Waals surface area contributed by atoms with Crippen molar-refractivity contribution in [2.24, 2.45) is 0 Å². The molecule has 0 aromatic heterocycles. The van der Waals surface area contributed by atoms with Crippen LogP contribution in [0.4, 0.5) is 0 Å². The zero-order valence-corrected chi connectivity index (χ0v) is 6.97. The quantitative estimate of drug-likeness (QED) is 0.664. The van der Waals surface area contributed by atoms with Crippen molar-refractivity contribution in [1.82, 2.24) is 0 Å². The van der Waals surface area contributed by atoms with E-state index in [4.69, 9.17) is 39.9 Å². The number of aliphatic hydroxyl groups is 1. The third-order valence-electron chi connectivity index (χ3n) is 0.618. The monoisotopic (exact) mass is 194 g/mol. The van der Waals surface area contributed by atoms with Gasteiger partial charge in [-0.2, -0.15) is 0 Å². The molecule has 2 nitrogen and oxygen atoms in total. The molecular weight excluding hydrogens is 186 g/mol. The maximum atomic E-state index is 8.25. The van der Waals surface area contributed by atoms with E-state index in [1.165, 1.54) is 0 Å². The summed E-state index contributed by atoms with van der Waals surface area (Å²) in [6.07, 6.45) is 0.949. The minimum absolute atomic E-state index is 0. The molecule has 0 atom stereocenters. The van der Waals surface area contributed by atoms with Crippen molar-refractivity contribution in [2.45, 2.75) is 16.6 Å². The molecule has 0 rings (SSSR count). The van der Waals surface area contributed by atoms with Crippen LogP contribution in [0.3, 0.4) is 0 Å². The summed E-state index contributed by atoms with van der Waals surface area (Å²) in [5.41, 5.74) is 0. The Morgan fingerprint density at radius 2 is 1.67 bits per heavy atom. The van der Waals surface area contributed by atoms with E-state index < -0.39 is 3.79 Å². The molecule has 0 aromatic carbocycles. The van der Waals surface area contributed by atoms with Crippen molar-refractivity contribution in [3.05, 3.63) is 0 Å². The van der Waals surface area contributed by atoms with Crippen molar-refractivity contribution in [3.8, 4) is 0 Å². The summed E-state index contributed by atoms with van der Waals surface area (Å²) in [5, 5.41) is 8.25. The van der Waals surface area contributed by atoms with E-state index in [1.807, 2.05) is 0 Å². The van der Waals surface area contributed by atoms with Gasteiger partial charge in [-0.3, -0.25) is 0 Å². The second-order valence-corrected chi connectivity index (χ2v) is 3.96. The van der Waals surface area contributed by atoms with Crippen molar-refractivity contribution in [3.63, 3.8) is 0 Å². The molecule has 0 aliphatic carbocycles. The van der Waals surface area contributed by atoms with Crippen molar-refractivity contribution >= 4 is 34.8 Å². The average Bonchev–Trinajstić information content (AvgIpc) is 1.59. The summed E-state index contributed by atoms with van der Waals surface area (Å²) in [4.78, 5) is 0. The van der Waals surface area contributed by atoms with Gasteiger partial charge in [-0.25, -0.2) is 0 Å². The number of hydrogen-bond acceptors (Lipinski definition) is 1. The summed E-state index contributed by atoms with van der Waals surface area (Å²) in [5.74, 6) is 0. The molecule has 0 spiro atoms. The molecule has 58 valence electrons. The maximum absolute atomic E-state index is 8.25. The lowest BCUT2D eigenvalue weighted by Gasteiger charge is -2.07. The Morgan fingerprint density at radius 1 is 1.22 bits per heavy atom. The number of rotatable bonds is 2. The first-order valence-electron chi connectivity index (χ1n) is 2.24. The lowest BCUT2D eigenvalue weighted by molar-refractivity contribution is 0.285. The Balaban J connectivity index is 0. The Bertz CT molecular complexity index is 61.3. The number of alkyl halides is 3. The molecule has 0 bridgehead atoms. The van der Waals surface area contributed by atoms with Gasteiger partial charge in [-0.15, -0.1) is 0 Å². The van der Waals surface area contributed by atoms with Gasteiger partial charge in [-0.05, 0) is 12.8 Å². The van der Waals surface area contributed by atoms with Crippen LogP contribution in [0.15, 0.2) is 0 Å². The van der Waals surface area contributed by atoms with Gasteiger partial charge >= 0.3 is 0 Å². The smallest absolute Gasteiger partial charge is 0.190 e. The minimum Gasteiger partial charge on any atom is -0.412 e. The molecule has 0 amide bonds. The highest BCUT2D eigenvalue weighted by Gasteiger charge is 2.17. The van der Waals surface area contributed by atoms with Crippen LogP contribution < -0.4 is 0 Å². The first-order chi connectivity index (χ1) is 3.56. The fourth-order valence-corrected chi connectivity index (χ4v) is 0.680. The van der Waals surface area contributed by atoms with Crippen LogP contribution in [-0.4, -0.2) is 21.0 Å². The summed E-state index contributed by atoms with van der Waals surface area (Å²) >= 11 is 16.0. The zero-order valence-electron chi connectivity index (χ0n) is 4.70. The lowest BCUT2D eigenvalue weighted by atomic mass is 10.4. The molecule has 0 saturated heterocycles. The molecule has 0 aliphatic heterocycles. The van der Waals surface area contributed by atoms with E-state index in [0.29, 0.717) is 12.8 Å². The van der Waals surface area contributed by atoms with E-state index in [1.54, 1.807) is 0 Å². The first kappa shape index (κ1) is 12.5. The fourth-order valence-electron chi connectivity index (χ4n) is 0.280. The average molecular weight is 195 g/mol. The molecule has 0 saturated carbocycles. The largest absolute Gasteiger partial charge is 0.412 e. The van der Waals surface area contributed by atoms with E-state index in [2.05, 4.69) is 0 Å². The molecule has 0 aromatic rings. The lowest BCUT2D eigenvalue weighted by Crippen LogP contribution is -2.02. The summed E-state index contributed by atoms with van der Waals surface area (Å²) in [7, 11) is 0. The molecule has 0 unspecified atom stereocenters. The van der Waals surface area contributed by atoms with Gasteiger partial charge < -0.3 is 10.6 Å². The summed E-state index contributed by atoms with van der Waals surface area (Å²) in [6, 6.07) is 0. The number of hydrogen-bond donors (Lipinski definition) is 1. The predicted molar refractivity (Wildman–Crippen MR) is 40.2 cm³/mol. The van der Waals surface area contributed by atoms with Gasteiger partial charge in [0.2, 0.25) is 0 Å².